The molecule has 0 spiro atoms. The average Bonchev–Trinajstić information content (AvgIpc) is 3.03. The summed E-state index contributed by atoms with van der Waals surface area (Å²) in [6.45, 7) is 3.40. The number of nitrogens with one attached hydrogen (secondary N) is 1. The van der Waals surface area contributed by atoms with Crippen LogP contribution in [-0.4, -0.2) is 25.9 Å². The molecule has 0 aliphatic rings. The second kappa shape index (κ2) is 7.19. The predicted octanol–water partition coefficient (Wildman–Crippen LogP) is 3.36. The minimum Gasteiger partial charge on any atom is -0.473 e. The van der Waals surface area contributed by atoms with E-state index in [0.29, 0.717) is 17.2 Å². The molecule has 2 heterocycles. The van der Waals surface area contributed by atoms with Crippen molar-refractivity contribution in [3.8, 4) is 23.1 Å². The van der Waals surface area contributed by atoms with Gasteiger partial charge in [-0.05, 0) is 37.6 Å². The highest BCUT2D eigenvalue weighted by atomic mass is 19.1. The van der Waals surface area contributed by atoms with Crippen molar-refractivity contribution >= 4 is 11.6 Å². The molecule has 1 unspecified atom stereocenters. The van der Waals surface area contributed by atoms with Crippen LogP contribution in [0.1, 0.15) is 12.5 Å². The van der Waals surface area contributed by atoms with E-state index in [-0.39, 0.29) is 5.75 Å². The van der Waals surface area contributed by atoms with Gasteiger partial charge in [0, 0.05) is 25.0 Å². The average molecular weight is 352 g/mol. The van der Waals surface area contributed by atoms with Crippen molar-refractivity contribution < 1.29 is 9.13 Å². The normalized spacial score (nSPS) is 11.7. The van der Waals surface area contributed by atoms with Crippen LogP contribution in [0.25, 0.3) is 11.3 Å². The molecule has 0 radical (unpaired) electrons. The minimum absolute atomic E-state index is 0.0308. The molecule has 1 N–H and O–H groups in total. The molecule has 0 aliphatic heterocycles. The number of aryl methyl sites for hydroxylation is 2. The first-order valence-electron chi connectivity index (χ1n) is 7.92. The van der Waals surface area contributed by atoms with Crippen LogP contribution in [0.2, 0.25) is 0 Å². The quantitative estimate of drug-likeness (QED) is 0.757. The lowest BCUT2D eigenvalue weighted by atomic mass is 10.1. The summed E-state index contributed by atoms with van der Waals surface area (Å²) in [5.41, 5.74) is 2.75. The molecule has 1 aromatic carbocycles. The first-order chi connectivity index (χ1) is 12.5. The number of hydrogen-bond donors (Lipinski definition) is 1. The third kappa shape index (κ3) is 3.78. The zero-order valence-corrected chi connectivity index (χ0v) is 14.6. The topological polar surface area (TPSA) is 88.7 Å². The summed E-state index contributed by atoms with van der Waals surface area (Å²) in [5, 5.41) is 15.9. The fourth-order valence-corrected chi connectivity index (χ4v) is 2.37. The van der Waals surface area contributed by atoms with Crippen molar-refractivity contribution in [1.82, 2.24) is 19.7 Å². The van der Waals surface area contributed by atoms with Crippen LogP contribution in [0.4, 0.5) is 16.0 Å². The summed E-state index contributed by atoms with van der Waals surface area (Å²) in [7, 11) is 1.81. The Morgan fingerprint density at radius 2 is 2.15 bits per heavy atom. The fourth-order valence-electron chi connectivity index (χ4n) is 2.37. The van der Waals surface area contributed by atoms with Gasteiger partial charge in [0.2, 0.25) is 5.95 Å². The molecule has 2 aromatic heterocycles. The monoisotopic (exact) mass is 352 g/mol. The number of nitrogens with zero attached hydrogens (tertiary/aromatic N) is 5. The highest BCUT2D eigenvalue weighted by Crippen LogP contribution is 2.28. The van der Waals surface area contributed by atoms with E-state index in [1.54, 1.807) is 36.3 Å². The molecule has 0 aliphatic carbocycles. The van der Waals surface area contributed by atoms with Crippen molar-refractivity contribution in [2.45, 2.75) is 20.0 Å². The van der Waals surface area contributed by atoms with E-state index in [0.717, 1.165) is 11.3 Å². The minimum atomic E-state index is -0.730. The number of benzene rings is 1. The molecule has 3 rings (SSSR count). The molecule has 0 fully saturated rings. The fraction of sp³-hybridized carbons (Fsp3) is 0.222. The van der Waals surface area contributed by atoms with E-state index in [9.17, 15) is 4.39 Å². The van der Waals surface area contributed by atoms with Gasteiger partial charge in [-0.1, -0.05) is 0 Å². The van der Waals surface area contributed by atoms with Gasteiger partial charge in [-0.25, -0.2) is 14.4 Å². The summed E-state index contributed by atoms with van der Waals surface area (Å²) in [4.78, 5) is 8.72. The summed E-state index contributed by atoms with van der Waals surface area (Å²) < 4.78 is 21.2. The van der Waals surface area contributed by atoms with Crippen molar-refractivity contribution in [3.63, 3.8) is 0 Å². The Morgan fingerprint density at radius 1 is 1.35 bits per heavy atom. The van der Waals surface area contributed by atoms with Crippen LogP contribution < -0.4 is 10.1 Å². The van der Waals surface area contributed by atoms with E-state index < -0.39 is 11.9 Å². The maximum Gasteiger partial charge on any atom is 0.227 e. The Balaban J connectivity index is 1.89. The molecule has 132 valence electrons. The Labute approximate surface area is 150 Å². The van der Waals surface area contributed by atoms with Gasteiger partial charge in [0.1, 0.15) is 6.07 Å². The van der Waals surface area contributed by atoms with Crippen LogP contribution >= 0.6 is 0 Å². The summed E-state index contributed by atoms with van der Waals surface area (Å²) >= 11 is 0. The number of rotatable bonds is 5. The third-order valence-electron chi connectivity index (χ3n) is 3.62. The molecule has 8 heteroatoms. The number of nitriles is 1. The van der Waals surface area contributed by atoms with E-state index in [1.165, 1.54) is 12.1 Å². The molecule has 0 saturated heterocycles. The van der Waals surface area contributed by atoms with Gasteiger partial charge in [-0.2, -0.15) is 10.4 Å². The first kappa shape index (κ1) is 17.4. The highest BCUT2D eigenvalue weighted by Gasteiger charge is 2.13. The van der Waals surface area contributed by atoms with Crippen LogP contribution in [-0.2, 0) is 7.05 Å². The van der Waals surface area contributed by atoms with Crippen molar-refractivity contribution in [2.75, 3.05) is 5.32 Å². The molecular weight excluding hydrogens is 335 g/mol. The van der Waals surface area contributed by atoms with Gasteiger partial charge >= 0.3 is 0 Å². The zero-order valence-electron chi connectivity index (χ0n) is 14.6. The SMILES string of the molecule is Cc1cnc(Nc2cnn(C)c2)nc1-c1ccc(OC(C)C#N)c(F)c1. The van der Waals surface area contributed by atoms with Crippen LogP contribution in [0.5, 0.6) is 5.75 Å². The van der Waals surface area contributed by atoms with E-state index >= 15 is 0 Å². The summed E-state index contributed by atoms with van der Waals surface area (Å²) in [6, 6.07) is 6.43. The maximum absolute atomic E-state index is 14.3. The molecule has 3 aromatic rings. The summed E-state index contributed by atoms with van der Waals surface area (Å²) in [5.74, 6) is -0.134. The van der Waals surface area contributed by atoms with Crippen molar-refractivity contribution in [1.29, 1.82) is 5.26 Å². The van der Waals surface area contributed by atoms with Gasteiger partial charge in [0.15, 0.2) is 17.7 Å². The van der Waals surface area contributed by atoms with Crippen LogP contribution in [0.15, 0.2) is 36.8 Å². The molecule has 0 bridgehead atoms. The molecule has 26 heavy (non-hydrogen) atoms. The lowest BCUT2D eigenvalue weighted by Crippen LogP contribution is -2.09. The number of ether oxygens (including phenoxy) is 1. The summed E-state index contributed by atoms with van der Waals surface area (Å²) in [6.07, 6.45) is 4.39. The van der Waals surface area contributed by atoms with Gasteiger partial charge in [-0.15, -0.1) is 0 Å². The second-order valence-electron chi connectivity index (χ2n) is 5.79. The van der Waals surface area contributed by atoms with Crippen LogP contribution in [0, 0.1) is 24.1 Å². The number of halogens is 1. The van der Waals surface area contributed by atoms with Gasteiger partial charge in [0.05, 0.1) is 17.6 Å². The smallest absolute Gasteiger partial charge is 0.227 e. The van der Waals surface area contributed by atoms with Crippen LogP contribution in [0.3, 0.4) is 0 Å². The zero-order chi connectivity index (χ0) is 18.7. The molecule has 0 amide bonds. The van der Waals surface area contributed by atoms with E-state index in [1.807, 2.05) is 20.0 Å². The Kier molecular flexibility index (Phi) is 4.80. The second-order valence-corrected chi connectivity index (χ2v) is 5.79. The third-order valence-corrected chi connectivity index (χ3v) is 3.62. The Hall–Kier alpha value is -3.47. The predicted molar refractivity (Wildman–Crippen MR) is 94.4 cm³/mol. The van der Waals surface area contributed by atoms with Gasteiger partial charge in [0.25, 0.3) is 0 Å². The molecule has 7 nitrogen and oxygen atoms in total. The molecule has 1 atom stereocenters. The number of anilines is 2. The Morgan fingerprint density at radius 3 is 2.81 bits per heavy atom. The first-order valence-corrected chi connectivity index (χ1v) is 7.92. The number of aromatic nitrogens is 4. The molecule has 0 saturated carbocycles. The Bertz CT molecular complexity index is 978. The number of hydrogen-bond acceptors (Lipinski definition) is 6. The van der Waals surface area contributed by atoms with Crippen molar-refractivity contribution in [2.24, 2.45) is 7.05 Å². The largest absolute Gasteiger partial charge is 0.473 e. The standard InChI is InChI=1S/C18H17FN6O/c1-11-8-21-18(23-14-9-22-25(3)10-14)24-17(11)13-4-5-16(15(19)6-13)26-12(2)7-20/h4-6,8-10,12H,1-3H3,(H,21,23,24). The van der Waals surface area contributed by atoms with E-state index in [4.69, 9.17) is 10.00 Å². The van der Waals surface area contributed by atoms with Gasteiger partial charge in [-0.3, -0.25) is 4.68 Å². The lowest BCUT2D eigenvalue weighted by Gasteiger charge is -2.11. The van der Waals surface area contributed by atoms with E-state index in [2.05, 4.69) is 20.4 Å². The maximum atomic E-state index is 14.3. The molecular formula is C18H17FN6O. The van der Waals surface area contributed by atoms with Crippen molar-refractivity contribution in [3.05, 3.63) is 48.2 Å². The lowest BCUT2D eigenvalue weighted by molar-refractivity contribution is 0.263. The van der Waals surface area contributed by atoms with Gasteiger partial charge < -0.3 is 10.1 Å². The highest BCUT2D eigenvalue weighted by molar-refractivity contribution is 5.65.